The number of carbonyl (C=O) groups is 2. The van der Waals surface area contributed by atoms with E-state index in [1.165, 1.54) is 0 Å². The molecule has 74 valence electrons. The maximum absolute atomic E-state index is 11.1. The second-order valence-corrected chi connectivity index (χ2v) is 2.86. The highest BCUT2D eigenvalue weighted by molar-refractivity contribution is 5.77. The Labute approximate surface area is 76.3 Å². The van der Waals surface area contributed by atoms with Gasteiger partial charge in [-0.3, -0.25) is 0 Å². The van der Waals surface area contributed by atoms with Crippen LogP contribution in [-0.4, -0.2) is 24.5 Å². The molecule has 0 aromatic carbocycles. The first kappa shape index (κ1) is 9.98. The largest absolute Gasteiger partial charge is 0.372 e. The highest BCUT2D eigenvalue weighted by atomic mass is 17.2. The molecule has 1 aliphatic rings. The average Bonchev–Trinajstić information content (AvgIpc) is 2.66. The Morgan fingerprint density at radius 3 is 2.77 bits per heavy atom. The van der Waals surface area contributed by atoms with Crippen molar-refractivity contribution in [1.29, 1.82) is 0 Å². The second kappa shape index (κ2) is 4.81. The lowest BCUT2D eigenvalue weighted by atomic mass is 10.2. The quantitative estimate of drug-likeness (QED) is 0.492. The maximum Gasteiger partial charge on any atom is 0.372 e. The molecule has 1 atom stereocenters. The fourth-order valence-electron chi connectivity index (χ4n) is 1.09. The minimum atomic E-state index is -0.536. The fraction of sp³-hybridized carbons (Fsp3) is 0.750. The molecule has 5 heteroatoms. The van der Waals surface area contributed by atoms with Gasteiger partial charge in [0.05, 0.1) is 0 Å². The van der Waals surface area contributed by atoms with E-state index in [1.807, 2.05) is 0 Å². The van der Waals surface area contributed by atoms with Crippen molar-refractivity contribution in [3.05, 3.63) is 0 Å². The molecule has 0 aromatic heterocycles. The molecule has 1 rings (SSSR count). The van der Waals surface area contributed by atoms with Crippen LogP contribution in [0.15, 0.2) is 0 Å². The minimum absolute atomic E-state index is 0.200. The first-order chi connectivity index (χ1) is 6.24. The predicted molar refractivity (Wildman–Crippen MR) is 43.5 cm³/mol. The molecule has 1 unspecified atom stereocenters. The van der Waals surface area contributed by atoms with Crippen LogP contribution >= 0.6 is 0 Å². The Bertz CT molecular complexity index is 198. The molecule has 0 radical (unpaired) electrons. The molecule has 0 aromatic rings. The number of hydrogen-bond acceptors (Lipinski definition) is 5. The van der Waals surface area contributed by atoms with Crippen LogP contribution in [0, 0.1) is 0 Å². The van der Waals surface area contributed by atoms with Crippen LogP contribution in [0.25, 0.3) is 0 Å². The molecular weight excluding hydrogens is 174 g/mol. The summed E-state index contributed by atoms with van der Waals surface area (Å²) in [4.78, 5) is 30.3. The molecule has 13 heavy (non-hydrogen) atoms. The van der Waals surface area contributed by atoms with E-state index in [2.05, 4.69) is 15.1 Å². The molecule has 1 fully saturated rings. The normalized spacial score (nSPS) is 21.2. The molecule has 0 bridgehead atoms. The number of rotatable bonds is 2. The van der Waals surface area contributed by atoms with E-state index in [4.69, 9.17) is 0 Å². The molecule has 1 heterocycles. The van der Waals surface area contributed by atoms with Gasteiger partial charge in [0.15, 0.2) is 0 Å². The molecule has 0 aliphatic carbocycles. The minimum Gasteiger partial charge on any atom is -0.304 e. The zero-order valence-corrected chi connectivity index (χ0v) is 7.54. The van der Waals surface area contributed by atoms with Crippen LogP contribution in [0.4, 0.5) is 0 Å². The summed E-state index contributed by atoms with van der Waals surface area (Å²) in [5.41, 5.74) is 0. The van der Waals surface area contributed by atoms with Crippen LogP contribution in [0.1, 0.15) is 26.2 Å². The van der Waals surface area contributed by atoms with Gasteiger partial charge in [0, 0.05) is 6.42 Å². The molecular formula is C8H13NO4. The van der Waals surface area contributed by atoms with Gasteiger partial charge in [-0.1, -0.05) is 6.92 Å². The molecule has 0 amide bonds. The molecule has 5 nitrogen and oxygen atoms in total. The lowest BCUT2D eigenvalue weighted by Gasteiger charge is -2.07. The van der Waals surface area contributed by atoms with Gasteiger partial charge in [-0.05, 0) is 19.4 Å². The van der Waals surface area contributed by atoms with Crippen molar-refractivity contribution in [2.45, 2.75) is 32.2 Å². The standard InChI is InChI=1S/C8H13NO4/c1-2-7(10)12-13-8(11)6-4-3-5-9-6/h6,9H,2-5H2,1H3. The van der Waals surface area contributed by atoms with E-state index in [0.717, 1.165) is 19.4 Å². The highest BCUT2D eigenvalue weighted by Crippen LogP contribution is 2.06. The summed E-state index contributed by atoms with van der Waals surface area (Å²) in [5, 5.41) is 2.93. The topological polar surface area (TPSA) is 64.6 Å². The summed E-state index contributed by atoms with van der Waals surface area (Å²) in [7, 11) is 0. The van der Waals surface area contributed by atoms with Crippen LogP contribution in [0.5, 0.6) is 0 Å². The van der Waals surface area contributed by atoms with E-state index in [1.54, 1.807) is 6.92 Å². The zero-order valence-electron chi connectivity index (χ0n) is 7.54. The van der Waals surface area contributed by atoms with Crippen molar-refractivity contribution >= 4 is 11.9 Å². The van der Waals surface area contributed by atoms with Crippen LogP contribution in [0.2, 0.25) is 0 Å². The van der Waals surface area contributed by atoms with Crippen molar-refractivity contribution in [2.75, 3.05) is 6.54 Å². The predicted octanol–water partition coefficient (Wildman–Crippen LogP) is 0.150. The third-order valence-electron chi connectivity index (χ3n) is 1.85. The SMILES string of the molecule is CCC(=O)OOC(=O)C1CCCN1. The van der Waals surface area contributed by atoms with Crippen molar-refractivity contribution < 1.29 is 19.4 Å². The molecule has 1 saturated heterocycles. The van der Waals surface area contributed by atoms with Crippen molar-refractivity contribution in [3.63, 3.8) is 0 Å². The van der Waals surface area contributed by atoms with Gasteiger partial charge >= 0.3 is 11.9 Å². The van der Waals surface area contributed by atoms with E-state index in [-0.39, 0.29) is 12.5 Å². The highest BCUT2D eigenvalue weighted by Gasteiger charge is 2.25. The van der Waals surface area contributed by atoms with E-state index in [9.17, 15) is 9.59 Å². The number of hydrogen-bond donors (Lipinski definition) is 1. The zero-order chi connectivity index (χ0) is 9.68. The van der Waals surface area contributed by atoms with Crippen LogP contribution in [0.3, 0.4) is 0 Å². The number of nitrogens with one attached hydrogen (secondary N) is 1. The summed E-state index contributed by atoms with van der Waals surface area (Å²) in [6, 6.07) is -0.315. The van der Waals surface area contributed by atoms with Crippen molar-refractivity contribution in [3.8, 4) is 0 Å². The smallest absolute Gasteiger partial charge is 0.304 e. The Morgan fingerprint density at radius 1 is 1.46 bits per heavy atom. The first-order valence-corrected chi connectivity index (χ1v) is 4.38. The van der Waals surface area contributed by atoms with Gasteiger partial charge in [-0.2, -0.15) is 0 Å². The van der Waals surface area contributed by atoms with E-state index >= 15 is 0 Å². The molecule has 0 spiro atoms. The summed E-state index contributed by atoms with van der Waals surface area (Å²) in [6.07, 6.45) is 1.88. The number of carbonyl (C=O) groups excluding carboxylic acids is 2. The molecule has 1 N–H and O–H groups in total. The Morgan fingerprint density at radius 2 is 2.23 bits per heavy atom. The Balaban J connectivity index is 2.20. The third kappa shape index (κ3) is 3.02. The van der Waals surface area contributed by atoms with Gasteiger partial charge in [0.25, 0.3) is 0 Å². The van der Waals surface area contributed by atoms with Gasteiger partial charge in [-0.25, -0.2) is 19.4 Å². The van der Waals surface area contributed by atoms with Crippen LogP contribution < -0.4 is 5.32 Å². The molecule has 1 aliphatic heterocycles. The van der Waals surface area contributed by atoms with Gasteiger partial charge in [0.1, 0.15) is 6.04 Å². The van der Waals surface area contributed by atoms with Gasteiger partial charge in [-0.15, -0.1) is 0 Å². The molecule has 0 saturated carbocycles. The van der Waals surface area contributed by atoms with Crippen LogP contribution in [-0.2, 0) is 19.4 Å². The lowest BCUT2D eigenvalue weighted by molar-refractivity contribution is -0.260. The second-order valence-electron chi connectivity index (χ2n) is 2.86. The summed E-state index contributed by atoms with van der Waals surface area (Å²) >= 11 is 0. The summed E-state index contributed by atoms with van der Waals surface area (Å²) in [5.74, 6) is -1.05. The first-order valence-electron chi connectivity index (χ1n) is 4.38. The summed E-state index contributed by atoms with van der Waals surface area (Å²) in [6.45, 7) is 2.44. The Hall–Kier alpha value is -1.10. The Kier molecular flexibility index (Phi) is 3.70. The monoisotopic (exact) mass is 187 g/mol. The van der Waals surface area contributed by atoms with Gasteiger partial charge in [0.2, 0.25) is 0 Å². The van der Waals surface area contributed by atoms with Gasteiger partial charge < -0.3 is 5.32 Å². The van der Waals surface area contributed by atoms with E-state index < -0.39 is 11.9 Å². The van der Waals surface area contributed by atoms with E-state index in [0.29, 0.717) is 0 Å². The average molecular weight is 187 g/mol. The third-order valence-corrected chi connectivity index (χ3v) is 1.85. The van der Waals surface area contributed by atoms with Crippen molar-refractivity contribution in [1.82, 2.24) is 5.32 Å². The lowest BCUT2D eigenvalue weighted by Crippen LogP contribution is -2.32. The van der Waals surface area contributed by atoms with Crippen molar-refractivity contribution in [2.24, 2.45) is 0 Å². The summed E-state index contributed by atoms with van der Waals surface area (Å²) < 4.78 is 0. The fourth-order valence-corrected chi connectivity index (χ4v) is 1.09. The maximum atomic E-state index is 11.1.